The van der Waals surface area contributed by atoms with Crippen molar-refractivity contribution in [3.05, 3.63) is 41.5 Å². The van der Waals surface area contributed by atoms with Gasteiger partial charge in [0, 0.05) is 5.56 Å². The summed E-state index contributed by atoms with van der Waals surface area (Å²) in [7, 11) is 1.81. The van der Waals surface area contributed by atoms with Gasteiger partial charge in [0.1, 0.15) is 5.75 Å². The molecule has 0 aromatic rings. The molecule has 2 aliphatic carbocycles. The first kappa shape index (κ1) is 27.7. The second-order valence-corrected chi connectivity index (χ2v) is 10.4. The summed E-state index contributed by atoms with van der Waals surface area (Å²) in [5.41, 5.74) is 5.44. The van der Waals surface area contributed by atoms with Gasteiger partial charge in [0.2, 0.25) is 0 Å². The van der Waals surface area contributed by atoms with Gasteiger partial charge in [-0.2, -0.15) is 0 Å². The van der Waals surface area contributed by atoms with Crippen LogP contribution in [0.2, 0.25) is 0 Å². The molecule has 1 nitrogen and oxygen atoms in total. The number of aryl methyl sites for hydroxylation is 1. The Morgan fingerprint density at radius 2 is 1.12 bits per heavy atom. The van der Waals surface area contributed by atoms with Crippen molar-refractivity contribution >= 4 is 0 Å². The average Bonchev–Trinajstić information content (AvgIpc) is 3.11. The topological polar surface area (TPSA) is 9.23 Å². The molecule has 0 bridgehead atoms. The van der Waals surface area contributed by atoms with Crippen molar-refractivity contribution in [3.8, 4) is 16.9 Å². The van der Waals surface area contributed by atoms with E-state index in [1.165, 1.54) is 131 Å². The van der Waals surface area contributed by atoms with Crippen molar-refractivity contribution in [2.45, 2.75) is 136 Å². The number of unbranched alkanes of at least 4 members (excludes halogenated alkanes) is 15. The van der Waals surface area contributed by atoms with Crippen molar-refractivity contribution < 1.29 is 4.74 Å². The molecule has 0 spiro atoms. The predicted molar refractivity (Wildman–Crippen MR) is 147 cm³/mol. The lowest BCUT2D eigenvalue weighted by Gasteiger charge is -2.08. The molecule has 0 unspecified atom stereocenters. The van der Waals surface area contributed by atoms with Gasteiger partial charge < -0.3 is 4.74 Å². The van der Waals surface area contributed by atoms with Crippen LogP contribution in [0, 0.1) is 0 Å². The van der Waals surface area contributed by atoms with Crippen LogP contribution in [-0.4, -0.2) is 7.11 Å². The van der Waals surface area contributed by atoms with Crippen LogP contribution in [0.1, 0.15) is 141 Å². The summed E-state index contributed by atoms with van der Waals surface area (Å²) in [6.45, 7) is 6.79. The van der Waals surface area contributed by atoms with E-state index in [0.717, 1.165) is 5.75 Å². The van der Waals surface area contributed by atoms with Crippen LogP contribution in [0.5, 0.6) is 5.75 Å². The molecule has 0 amide bonds. The summed E-state index contributed by atoms with van der Waals surface area (Å²) in [6.07, 6.45) is 23.9. The maximum Gasteiger partial charge on any atom is 0.127 e. The highest BCUT2D eigenvalue weighted by Gasteiger charge is 2.15. The van der Waals surface area contributed by atoms with Crippen molar-refractivity contribution in [2.75, 3.05) is 7.11 Å². The van der Waals surface area contributed by atoms with Gasteiger partial charge in [-0.05, 0) is 41.5 Å². The molecule has 1 heteroatoms. The molecular formula is C32H52O. The van der Waals surface area contributed by atoms with Crippen LogP contribution in [0.3, 0.4) is 0 Å². The minimum Gasteiger partial charge on any atom is -0.496 e. The monoisotopic (exact) mass is 452 g/mol. The molecule has 0 fully saturated rings. The fourth-order valence-corrected chi connectivity index (χ4v) is 5.03. The molecule has 186 valence electrons. The van der Waals surface area contributed by atoms with Gasteiger partial charge in [-0.15, -0.1) is 0 Å². The Labute approximate surface area is 206 Å². The standard InChI is InChI=1S/C32H52O/c1-5-6-7-8-9-10-11-12-13-14-15-16-17-18-19-20-21-28-22-23-29-24-25-30(27(2)3)26-31(33-4)32(28)29/h22-27H,5-21H2,1-4H3. The van der Waals surface area contributed by atoms with E-state index < -0.39 is 0 Å². The van der Waals surface area contributed by atoms with Crippen LogP contribution in [0.4, 0.5) is 0 Å². The Kier molecular flexibility index (Phi) is 14.3. The first-order valence-electron chi connectivity index (χ1n) is 14.3. The van der Waals surface area contributed by atoms with Gasteiger partial charge in [-0.1, -0.05) is 141 Å². The first-order valence-corrected chi connectivity index (χ1v) is 14.3. The van der Waals surface area contributed by atoms with E-state index >= 15 is 0 Å². The summed E-state index contributed by atoms with van der Waals surface area (Å²) in [5, 5.41) is 0. The van der Waals surface area contributed by atoms with E-state index in [4.69, 9.17) is 4.74 Å². The summed E-state index contributed by atoms with van der Waals surface area (Å²) in [6, 6.07) is 11.3. The SMILES string of the molecule is CCCCCCCCCCCCCCCCCCc1ccc2ccc(C(C)C)cc(OC)c1-2. The smallest absolute Gasteiger partial charge is 0.127 e. The van der Waals surface area contributed by atoms with Gasteiger partial charge in [-0.25, -0.2) is 0 Å². The third-order valence-corrected chi connectivity index (χ3v) is 7.26. The molecule has 0 aromatic heterocycles. The van der Waals surface area contributed by atoms with Crippen molar-refractivity contribution in [1.29, 1.82) is 0 Å². The fourth-order valence-electron chi connectivity index (χ4n) is 5.03. The number of rotatable bonds is 19. The molecule has 2 rings (SSSR count). The van der Waals surface area contributed by atoms with Gasteiger partial charge in [0.05, 0.1) is 7.11 Å². The van der Waals surface area contributed by atoms with Crippen LogP contribution in [-0.2, 0) is 6.42 Å². The molecule has 33 heavy (non-hydrogen) atoms. The molecule has 0 aromatic carbocycles. The van der Waals surface area contributed by atoms with Gasteiger partial charge in [-0.3, -0.25) is 0 Å². The second kappa shape index (κ2) is 17.0. The lowest BCUT2D eigenvalue weighted by Crippen LogP contribution is -1.91. The lowest BCUT2D eigenvalue weighted by molar-refractivity contribution is 0.416. The summed E-state index contributed by atoms with van der Waals surface area (Å²) in [5.74, 6) is 1.55. The van der Waals surface area contributed by atoms with Crippen LogP contribution in [0.25, 0.3) is 11.1 Å². The molecule has 0 saturated heterocycles. The van der Waals surface area contributed by atoms with Crippen molar-refractivity contribution in [1.82, 2.24) is 0 Å². The van der Waals surface area contributed by atoms with E-state index in [9.17, 15) is 0 Å². The largest absolute Gasteiger partial charge is 0.496 e. The molecule has 0 saturated carbocycles. The van der Waals surface area contributed by atoms with E-state index in [1.807, 2.05) is 7.11 Å². The lowest BCUT2D eigenvalue weighted by atomic mass is 10.0. The van der Waals surface area contributed by atoms with Gasteiger partial charge in [0.15, 0.2) is 0 Å². The minimum absolute atomic E-state index is 0.513. The zero-order valence-electron chi connectivity index (χ0n) is 22.4. The maximum atomic E-state index is 5.81. The van der Waals surface area contributed by atoms with Crippen LogP contribution in [0.15, 0.2) is 30.3 Å². The first-order chi connectivity index (χ1) is 16.2. The van der Waals surface area contributed by atoms with E-state index in [-0.39, 0.29) is 0 Å². The fraction of sp³-hybridized carbons (Fsp3) is 0.688. The van der Waals surface area contributed by atoms with Gasteiger partial charge >= 0.3 is 0 Å². The molecule has 0 atom stereocenters. The number of hydrogen-bond donors (Lipinski definition) is 0. The highest BCUT2D eigenvalue weighted by atomic mass is 16.5. The molecule has 0 N–H and O–H groups in total. The zero-order chi connectivity index (χ0) is 23.7. The number of methoxy groups -OCH3 is 1. The van der Waals surface area contributed by atoms with E-state index in [2.05, 4.69) is 51.1 Å². The highest BCUT2D eigenvalue weighted by molar-refractivity contribution is 5.77. The third-order valence-electron chi connectivity index (χ3n) is 7.26. The van der Waals surface area contributed by atoms with E-state index in [0.29, 0.717) is 5.92 Å². The normalized spacial score (nSPS) is 11.5. The highest BCUT2D eigenvalue weighted by Crippen LogP contribution is 2.38. The number of hydrogen-bond acceptors (Lipinski definition) is 1. The quantitative estimate of drug-likeness (QED) is 0.193. The third kappa shape index (κ3) is 10.5. The Balaban J connectivity index is 1.55. The van der Waals surface area contributed by atoms with Crippen LogP contribution >= 0.6 is 0 Å². The Morgan fingerprint density at radius 3 is 1.61 bits per heavy atom. The minimum atomic E-state index is 0.513. The summed E-state index contributed by atoms with van der Waals surface area (Å²) in [4.78, 5) is 0. The molecule has 0 aliphatic heterocycles. The van der Waals surface area contributed by atoms with Crippen molar-refractivity contribution in [2.24, 2.45) is 0 Å². The number of fused-ring (bicyclic) bond motifs is 1. The summed E-state index contributed by atoms with van der Waals surface area (Å²) < 4.78 is 5.81. The Morgan fingerprint density at radius 1 is 0.636 bits per heavy atom. The predicted octanol–water partition coefficient (Wildman–Crippen LogP) is 10.7. The zero-order valence-corrected chi connectivity index (χ0v) is 22.4. The molecular weight excluding hydrogens is 400 g/mol. The maximum absolute atomic E-state index is 5.81. The number of ether oxygens (including phenoxy) is 1. The molecule has 2 aliphatic rings. The van der Waals surface area contributed by atoms with E-state index in [1.54, 1.807) is 0 Å². The van der Waals surface area contributed by atoms with Crippen molar-refractivity contribution in [3.63, 3.8) is 0 Å². The summed E-state index contributed by atoms with van der Waals surface area (Å²) >= 11 is 0. The second-order valence-electron chi connectivity index (χ2n) is 10.4. The Bertz CT molecular complexity index is 717. The average molecular weight is 453 g/mol. The molecule has 0 heterocycles. The van der Waals surface area contributed by atoms with Gasteiger partial charge in [0.25, 0.3) is 0 Å². The van der Waals surface area contributed by atoms with Crippen LogP contribution < -0.4 is 4.74 Å². The molecule has 0 radical (unpaired) electrons. The Hall–Kier alpha value is -1.50.